The normalized spacial score (nSPS) is 25.9. The lowest BCUT2D eigenvalue weighted by Gasteiger charge is -2.49. The molecule has 2 atom stereocenters. The number of aliphatic hydroxyl groups excluding tert-OH is 1. The van der Waals surface area contributed by atoms with Crippen LogP contribution < -0.4 is 11.1 Å². The third kappa shape index (κ3) is 1.62. The molecule has 2 aromatic rings. The van der Waals surface area contributed by atoms with Crippen LogP contribution in [0.4, 0.5) is 5.69 Å². The largest absolute Gasteiger partial charge is 0.417 e. The van der Waals surface area contributed by atoms with E-state index in [2.05, 4.69) is 10.3 Å². The summed E-state index contributed by atoms with van der Waals surface area (Å²) in [6.07, 6.45) is 0.486. The number of hydrogen-bond donors (Lipinski definition) is 3. The van der Waals surface area contributed by atoms with Crippen molar-refractivity contribution in [3.05, 3.63) is 28.7 Å². The van der Waals surface area contributed by atoms with Gasteiger partial charge >= 0.3 is 5.76 Å². The van der Waals surface area contributed by atoms with Crippen molar-refractivity contribution < 1.29 is 9.52 Å². The second kappa shape index (κ2) is 3.62. The number of nitrogens with one attached hydrogen (secondary N) is 2. The van der Waals surface area contributed by atoms with E-state index in [0.717, 1.165) is 12.1 Å². The number of benzene rings is 1. The fourth-order valence-corrected chi connectivity index (χ4v) is 2.39. The van der Waals surface area contributed by atoms with Crippen LogP contribution >= 0.6 is 0 Å². The first kappa shape index (κ1) is 11.3. The van der Waals surface area contributed by atoms with Crippen LogP contribution in [-0.4, -0.2) is 22.2 Å². The van der Waals surface area contributed by atoms with E-state index < -0.39 is 5.76 Å². The average molecular weight is 248 g/mol. The van der Waals surface area contributed by atoms with E-state index in [1.165, 1.54) is 0 Å². The Morgan fingerprint density at radius 2 is 2.28 bits per heavy atom. The zero-order chi connectivity index (χ0) is 12.9. The number of H-pyrrole nitrogens is 1. The second-order valence-electron chi connectivity index (χ2n) is 5.50. The molecule has 1 heterocycles. The Balaban J connectivity index is 1.85. The summed E-state index contributed by atoms with van der Waals surface area (Å²) in [5.74, 6) is -0.443. The van der Waals surface area contributed by atoms with E-state index in [9.17, 15) is 9.90 Å². The summed E-state index contributed by atoms with van der Waals surface area (Å²) in [4.78, 5) is 13.7. The maximum absolute atomic E-state index is 11.1. The Hall–Kier alpha value is -1.75. The van der Waals surface area contributed by atoms with E-state index in [0.29, 0.717) is 11.1 Å². The van der Waals surface area contributed by atoms with Gasteiger partial charge in [0.1, 0.15) is 0 Å². The molecule has 18 heavy (non-hydrogen) atoms. The smallest absolute Gasteiger partial charge is 0.408 e. The van der Waals surface area contributed by atoms with Gasteiger partial charge in [0, 0.05) is 17.1 Å². The van der Waals surface area contributed by atoms with Gasteiger partial charge in [-0.2, -0.15) is 0 Å². The molecule has 1 aromatic heterocycles. The van der Waals surface area contributed by atoms with Crippen LogP contribution in [0.3, 0.4) is 0 Å². The van der Waals surface area contributed by atoms with E-state index >= 15 is 0 Å². The highest BCUT2D eigenvalue weighted by atomic mass is 16.4. The summed E-state index contributed by atoms with van der Waals surface area (Å²) in [7, 11) is 0. The molecule has 3 rings (SSSR count). The molecule has 2 unspecified atom stereocenters. The van der Waals surface area contributed by atoms with Gasteiger partial charge in [-0.1, -0.05) is 13.8 Å². The molecule has 1 aromatic carbocycles. The summed E-state index contributed by atoms with van der Waals surface area (Å²) >= 11 is 0. The summed E-state index contributed by atoms with van der Waals surface area (Å²) in [5.41, 5.74) is 2.03. The number of rotatable bonds is 2. The van der Waals surface area contributed by atoms with Crippen molar-refractivity contribution in [1.82, 2.24) is 4.98 Å². The van der Waals surface area contributed by atoms with Crippen LogP contribution in [-0.2, 0) is 0 Å². The second-order valence-corrected chi connectivity index (χ2v) is 5.50. The molecule has 0 aliphatic heterocycles. The minimum atomic E-state index is -0.443. The monoisotopic (exact) mass is 248 g/mol. The molecule has 1 aliphatic rings. The van der Waals surface area contributed by atoms with Crippen molar-refractivity contribution in [2.45, 2.75) is 32.4 Å². The number of hydrogen-bond acceptors (Lipinski definition) is 4. The van der Waals surface area contributed by atoms with Gasteiger partial charge in [-0.15, -0.1) is 0 Å². The van der Waals surface area contributed by atoms with Crippen molar-refractivity contribution in [3.8, 4) is 0 Å². The number of aromatic amines is 1. The number of aromatic nitrogens is 1. The predicted octanol–water partition coefficient (Wildman–Crippen LogP) is 1.69. The lowest BCUT2D eigenvalue weighted by atomic mass is 9.64. The van der Waals surface area contributed by atoms with E-state index in [-0.39, 0.29) is 17.6 Å². The molecular weight excluding hydrogens is 232 g/mol. The topological polar surface area (TPSA) is 78.3 Å². The van der Waals surface area contributed by atoms with Crippen molar-refractivity contribution in [2.24, 2.45) is 5.41 Å². The fraction of sp³-hybridized carbons (Fsp3) is 0.462. The van der Waals surface area contributed by atoms with Crippen LogP contribution in [0.25, 0.3) is 11.1 Å². The molecule has 5 heteroatoms. The zero-order valence-corrected chi connectivity index (χ0v) is 10.4. The molecule has 0 saturated heterocycles. The molecule has 0 radical (unpaired) electrons. The van der Waals surface area contributed by atoms with Gasteiger partial charge in [-0.25, -0.2) is 4.79 Å². The SMILES string of the molecule is CC1(C)C(O)CC1Nc1ccc2oc(=O)[nH]c2c1. The molecule has 1 saturated carbocycles. The van der Waals surface area contributed by atoms with E-state index in [1.54, 1.807) is 6.07 Å². The van der Waals surface area contributed by atoms with Gasteiger partial charge < -0.3 is 14.8 Å². The molecule has 0 spiro atoms. The fourth-order valence-electron chi connectivity index (χ4n) is 2.39. The Morgan fingerprint density at radius 1 is 1.50 bits per heavy atom. The Kier molecular flexibility index (Phi) is 2.28. The number of anilines is 1. The van der Waals surface area contributed by atoms with Crippen LogP contribution in [0.1, 0.15) is 20.3 Å². The first-order valence-corrected chi connectivity index (χ1v) is 6.04. The highest BCUT2D eigenvalue weighted by molar-refractivity contribution is 5.76. The standard InChI is InChI=1S/C13H16N2O3/c1-13(2)10(6-11(13)16)14-7-3-4-9-8(5-7)15-12(17)18-9/h3-5,10-11,14,16H,6H2,1-2H3,(H,15,17). The first-order valence-electron chi connectivity index (χ1n) is 6.04. The maximum Gasteiger partial charge on any atom is 0.417 e. The maximum atomic E-state index is 11.1. The van der Waals surface area contributed by atoms with Crippen LogP contribution in [0.15, 0.2) is 27.4 Å². The van der Waals surface area contributed by atoms with Crippen LogP contribution in [0.5, 0.6) is 0 Å². The average Bonchev–Trinajstić information content (AvgIpc) is 2.68. The van der Waals surface area contributed by atoms with Gasteiger partial charge in [0.25, 0.3) is 0 Å². The Bertz CT molecular complexity index is 641. The van der Waals surface area contributed by atoms with Crippen molar-refractivity contribution in [3.63, 3.8) is 0 Å². The van der Waals surface area contributed by atoms with Gasteiger partial charge in [0.15, 0.2) is 5.58 Å². The van der Waals surface area contributed by atoms with Gasteiger partial charge in [-0.3, -0.25) is 4.98 Å². The Morgan fingerprint density at radius 3 is 2.94 bits per heavy atom. The summed E-state index contributed by atoms with van der Waals surface area (Å²) < 4.78 is 4.95. The van der Waals surface area contributed by atoms with E-state index in [4.69, 9.17) is 4.42 Å². The van der Waals surface area contributed by atoms with Crippen molar-refractivity contribution in [2.75, 3.05) is 5.32 Å². The number of aliphatic hydroxyl groups is 1. The minimum absolute atomic E-state index is 0.126. The van der Waals surface area contributed by atoms with Crippen molar-refractivity contribution in [1.29, 1.82) is 0 Å². The zero-order valence-electron chi connectivity index (χ0n) is 10.4. The Labute approximate surface area is 104 Å². The third-order valence-electron chi connectivity index (χ3n) is 3.98. The predicted molar refractivity (Wildman–Crippen MR) is 68.7 cm³/mol. The molecule has 0 bridgehead atoms. The molecule has 5 nitrogen and oxygen atoms in total. The minimum Gasteiger partial charge on any atom is -0.408 e. The van der Waals surface area contributed by atoms with Gasteiger partial charge in [0.2, 0.25) is 0 Å². The molecular formula is C13H16N2O3. The van der Waals surface area contributed by atoms with E-state index in [1.807, 2.05) is 26.0 Å². The van der Waals surface area contributed by atoms with Crippen LogP contribution in [0.2, 0.25) is 0 Å². The third-order valence-corrected chi connectivity index (χ3v) is 3.98. The molecule has 1 fully saturated rings. The summed E-state index contributed by atoms with van der Waals surface area (Å²) in [6, 6.07) is 5.72. The molecule has 1 aliphatic carbocycles. The lowest BCUT2D eigenvalue weighted by molar-refractivity contribution is -0.0510. The highest BCUT2D eigenvalue weighted by Gasteiger charge is 2.47. The summed E-state index contributed by atoms with van der Waals surface area (Å²) in [5, 5.41) is 13.1. The molecule has 0 amide bonds. The highest BCUT2D eigenvalue weighted by Crippen LogP contribution is 2.42. The molecule has 96 valence electrons. The number of fused-ring (bicyclic) bond motifs is 1. The van der Waals surface area contributed by atoms with Gasteiger partial charge in [-0.05, 0) is 24.6 Å². The first-order chi connectivity index (χ1) is 8.46. The van der Waals surface area contributed by atoms with Crippen molar-refractivity contribution >= 4 is 16.8 Å². The quantitative estimate of drug-likeness (QED) is 0.755. The number of oxazole rings is 1. The lowest BCUT2D eigenvalue weighted by Crippen LogP contribution is -2.56. The van der Waals surface area contributed by atoms with Crippen LogP contribution in [0, 0.1) is 5.41 Å². The van der Waals surface area contributed by atoms with Gasteiger partial charge in [0.05, 0.1) is 11.6 Å². The summed E-state index contributed by atoms with van der Waals surface area (Å²) in [6.45, 7) is 4.08. The molecule has 3 N–H and O–H groups in total.